The van der Waals surface area contributed by atoms with Crippen LogP contribution in [0.4, 0.5) is 0 Å². The van der Waals surface area contributed by atoms with E-state index in [2.05, 4.69) is 5.32 Å². The molecule has 15 heavy (non-hydrogen) atoms. The van der Waals surface area contributed by atoms with Crippen LogP contribution in [0.1, 0.15) is 34.7 Å². The summed E-state index contributed by atoms with van der Waals surface area (Å²) in [5, 5.41) is 11.9. The Morgan fingerprint density at radius 1 is 1.60 bits per heavy atom. The van der Waals surface area contributed by atoms with Crippen LogP contribution in [0.3, 0.4) is 0 Å². The number of aliphatic hydroxyl groups excluding tert-OH is 1. The summed E-state index contributed by atoms with van der Waals surface area (Å²) in [6.45, 7) is 3.58. The zero-order chi connectivity index (χ0) is 11.1. The van der Waals surface area contributed by atoms with Crippen molar-refractivity contribution in [3.63, 3.8) is 0 Å². The van der Waals surface area contributed by atoms with Crippen molar-refractivity contribution in [2.45, 2.75) is 32.2 Å². The van der Waals surface area contributed by atoms with E-state index in [1.54, 1.807) is 13.0 Å². The predicted molar refractivity (Wildman–Crippen MR) is 54.7 cm³/mol. The van der Waals surface area contributed by atoms with Crippen LogP contribution < -0.4 is 5.32 Å². The minimum absolute atomic E-state index is 0.00855. The maximum absolute atomic E-state index is 11.8. The second-order valence-corrected chi connectivity index (χ2v) is 4.22. The molecule has 1 saturated carbocycles. The molecule has 2 N–H and O–H groups in total. The van der Waals surface area contributed by atoms with Crippen molar-refractivity contribution >= 4 is 5.91 Å². The van der Waals surface area contributed by atoms with E-state index in [9.17, 15) is 4.79 Å². The lowest BCUT2D eigenvalue weighted by Crippen LogP contribution is -2.39. The Kier molecular flexibility index (Phi) is 2.31. The molecule has 0 aromatic carbocycles. The number of carbonyl (C=O) groups excluding carboxylic acids is 1. The molecule has 4 nitrogen and oxygen atoms in total. The van der Waals surface area contributed by atoms with Gasteiger partial charge in [0.05, 0.1) is 17.7 Å². The lowest BCUT2D eigenvalue weighted by molar-refractivity contribution is 0.0905. The van der Waals surface area contributed by atoms with Crippen molar-refractivity contribution in [2.75, 3.05) is 6.61 Å². The van der Waals surface area contributed by atoms with Crippen molar-refractivity contribution in [3.8, 4) is 0 Å². The van der Waals surface area contributed by atoms with Crippen molar-refractivity contribution in [1.29, 1.82) is 0 Å². The van der Waals surface area contributed by atoms with Crippen LogP contribution in [0, 0.1) is 13.8 Å². The first kappa shape index (κ1) is 10.2. The van der Waals surface area contributed by atoms with E-state index in [4.69, 9.17) is 9.52 Å². The average Bonchev–Trinajstić information content (AvgIpc) is 2.86. The third-order valence-corrected chi connectivity index (χ3v) is 2.82. The van der Waals surface area contributed by atoms with E-state index in [1.807, 2.05) is 6.92 Å². The second-order valence-electron chi connectivity index (χ2n) is 4.22. The first-order valence-electron chi connectivity index (χ1n) is 5.07. The molecule has 0 atom stereocenters. The molecule has 1 heterocycles. The summed E-state index contributed by atoms with van der Waals surface area (Å²) in [6, 6.07) is 1.72. The van der Waals surface area contributed by atoms with E-state index < -0.39 is 0 Å². The maximum Gasteiger partial charge on any atom is 0.255 e. The van der Waals surface area contributed by atoms with Crippen LogP contribution in [-0.4, -0.2) is 23.2 Å². The summed E-state index contributed by atoms with van der Waals surface area (Å²) in [5.74, 6) is 1.20. The molecule has 1 aliphatic rings. The van der Waals surface area contributed by atoms with Crippen LogP contribution in [0.5, 0.6) is 0 Å². The van der Waals surface area contributed by atoms with Crippen LogP contribution in [0.15, 0.2) is 10.5 Å². The van der Waals surface area contributed by atoms with Gasteiger partial charge in [-0.1, -0.05) is 0 Å². The van der Waals surface area contributed by atoms with E-state index in [-0.39, 0.29) is 18.1 Å². The zero-order valence-corrected chi connectivity index (χ0v) is 8.96. The lowest BCUT2D eigenvalue weighted by Gasteiger charge is -2.13. The Bertz CT molecular complexity index is 391. The monoisotopic (exact) mass is 209 g/mol. The van der Waals surface area contributed by atoms with Gasteiger partial charge in [-0.3, -0.25) is 4.79 Å². The number of nitrogens with one attached hydrogen (secondary N) is 1. The largest absolute Gasteiger partial charge is 0.466 e. The molecular formula is C11H15NO3. The number of hydrogen-bond donors (Lipinski definition) is 2. The van der Waals surface area contributed by atoms with Crippen LogP contribution in [-0.2, 0) is 0 Å². The Balaban J connectivity index is 2.11. The fourth-order valence-corrected chi connectivity index (χ4v) is 1.64. The van der Waals surface area contributed by atoms with Gasteiger partial charge in [-0.2, -0.15) is 0 Å². The number of rotatable bonds is 3. The summed E-state index contributed by atoms with van der Waals surface area (Å²) >= 11 is 0. The fourth-order valence-electron chi connectivity index (χ4n) is 1.64. The number of carbonyl (C=O) groups is 1. The van der Waals surface area contributed by atoms with Gasteiger partial charge in [-0.25, -0.2) is 0 Å². The molecule has 1 aromatic heterocycles. The highest BCUT2D eigenvalue weighted by molar-refractivity contribution is 5.96. The highest BCUT2D eigenvalue weighted by atomic mass is 16.3. The van der Waals surface area contributed by atoms with Gasteiger partial charge in [-0.15, -0.1) is 0 Å². The highest BCUT2D eigenvalue weighted by Gasteiger charge is 2.43. The summed E-state index contributed by atoms with van der Waals surface area (Å²) in [5.41, 5.74) is 0.196. The molecule has 1 fully saturated rings. The van der Waals surface area contributed by atoms with Crippen LogP contribution in [0.25, 0.3) is 0 Å². The quantitative estimate of drug-likeness (QED) is 0.785. The third-order valence-electron chi connectivity index (χ3n) is 2.82. The molecule has 2 rings (SSSR count). The van der Waals surface area contributed by atoms with E-state index in [0.29, 0.717) is 11.3 Å². The Hall–Kier alpha value is -1.29. The normalized spacial score (nSPS) is 17.5. The van der Waals surface area contributed by atoms with Gasteiger partial charge in [0.2, 0.25) is 0 Å². The van der Waals surface area contributed by atoms with E-state index >= 15 is 0 Å². The maximum atomic E-state index is 11.8. The molecule has 0 saturated heterocycles. The SMILES string of the molecule is Cc1cc(C(=O)NC2(CO)CC2)c(C)o1. The minimum Gasteiger partial charge on any atom is -0.466 e. The molecule has 82 valence electrons. The molecular weight excluding hydrogens is 194 g/mol. The summed E-state index contributed by atoms with van der Waals surface area (Å²) < 4.78 is 5.28. The lowest BCUT2D eigenvalue weighted by atomic mass is 10.2. The minimum atomic E-state index is -0.366. The Morgan fingerprint density at radius 2 is 2.27 bits per heavy atom. The van der Waals surface area contributed by atoms with E-state index in [0.717, 1.165) is 18.6 Å². The highest BCUT2D eigenvalue weighted by Crippen LogP contribution is 2.35. The molecule has 0 spiro atoms. The number of aliphatic hydroxyl groups is 1. The Labute approximate surface area is 88.3 Å². The predicted octanol–water partition coefficient (Wildman–Crippen LogP) is 1.15. The number of amides is 1. The van der Waals surface area contributed by atoms with Gasteiger partial charge in [0.1, 0.15) is 11.5 Å². The van der Waals surface area contributed by atoms with Crippen LogP contribution >= 0.6 is 0 Å². The van der Waals surface area contributed by atoms with Gasteiger partial charge in [0.15, 0.2) is 0 Å². The first-order valence-corrected chi connectivity index (χ1v) is 5.07. The second kappa shape index (κ2) is 3.38. The smallest absolute Gasteiger partial charge is 0.255 e. The van der Waals surface area contributed by atoms with Gasteiger partial charge in [-0.05, 0) is 32.8 Å². The zero-order valence-electron chi connectivity index (χ0n) is 8.96. The molecule has 0 aliphatic heterocycles. The van der Waals surface area contributed by atoms with Crippen molar-refractivity contribution in [1.82, 2.24) is 5.32 Å². The Morgan fingerprint density at radius 3 is 2.67 bits per heavy atom. The molecule has 1 aliphatic carbocycles. The van der Waals surface area contributed by atoms with Gasteiger partial charge >= 0.3 is 0 Å². The number of aryl methyl sites for hydroxylation is 2. The standard InChI is InChI=1S/C11H15NO3/c1-7-5-9(8(2)15-7)10(14)12-11(6-13)3-4-11/h5,13H,3-4,6H2,1-2H3,(H,12,14). The summed E-state index contributed by atoms with van der Waals surface area (Å²) in [4.78, 5) is 11.8. The number of hydrogen-bond acceptors (Lipinski definition) is 3. The first-order chi connectivity index (χ1) is 7.06. The average molecular weight is 209 g/mol. The summed E-state index contributed by atoms with van der Waals surface area (Å²) in [6.07, 6.45) is 1.70. The van der Waals surface area contributed by atoms with Gasteiger partial charge < -0.3 is 14.8 Å². The third kappa shape index (κ3) is 1.90. The summed E-state index contributed by atoms with van der Waals surface area (Å²) in [7, 11) is 0. The van der Waals surface area contributed by atoms with Crippen LogP contribution in [0.2, 0.25) is 0 Å². The van der Waals surface area contributed by atoms with Crippen molar-refractivity contribution < 1.29 is 14.3 Å². The van der Waals surface area contributed by atoms with Gasteiger partial charge in [0, 0.05) is 0 Å². The number of furan rings is 1. The molecule has 1 amide bonds. The van der Waals surface area contributed by atoms with Crippen molar-refractivity contribution in [2.24, 2.45) is 0 Å². The molecule has 0 unspecified atom stereocenters. The van der Waals surface area contributed by atoms with Crippen molar-refractivity contribution in [3.05, 3.63) is 23.2 Å². The molecule has 0 bridgehead atoms. The molecule has 0 radical (unpaired) electrons. The van der Waals surface area contributed by atoms with Gasteiger partial charge in [0.25, 0.3) is 5.91 Å². The fraction of sp³-hybridized carbons (Fsp3) is 0.545. The molecule has 4 heteroatoms. The molecule has 1 aromatic rings. The van der Waals surface area contributed by atoms with E-state index in [1.165, 1.54) is 0 Å². The topological polar surface area (TPSA) is 62.5 Å².